The highest BCUT2D eigenvalue weighted by molar-refractivity contribution is 6.31. The lowest BCUT2D eigenvalue weighted by Crippen LogP contribution is -2.36. The van der Waals surface area contributed by atoms with Gasteiger partial charge in [0.2, 0.25) is 5.91 Å². The Labute approximate surface area is 163 Å². The smallest absolute Gasteiger partial charge is 0.238 e. The fourth-order valence-electron chi connectivity index (χ4n) is 3.02. The van der Waals surface area contributed by atoms with Crippen LogP contribution in [0.2, 0.25) is 5.02 Å². The molecule has 1 fully saturated rings. The molecule has 1 N–H and O–H groups in total. The van der Waals surface area contributed by atoms with E-state index in [9.17, 15) is 9.18 Å². The van der Waals surface area contributed by atoms with Crippen LogP contribution in [0.1, 0.15) is 5.56 Å². The molecule has 27 heavy (non-hydrogen) atoms. The molecule has 0 saturated carbocycles. The van der Waals surface area contributed by atoms with Gasteiger partial charge in [0, 0.05) is 36.0 Å². The number of carbonyl (C=O) groups is 1. The Kier molecular flexibility index (Phi) is 6.66. The highest BCUT2D eigenvalue weighted by Gasteiger charge is 2.12. The molecule has 0 aromatic heterocycles. The maximum Gasteiger partial charge on any atom is 0.238 e. The van der Waals surface area contributed by atoms with E-state index in [1.165, 1.54) is 12.1 Å². The number of benzene rings is 2. The minimum absolute atomic E-state index is 0.116. The molecule has 1 aliphatic rings. The topological polar surface area (TPSA) is 44.8 Å². The first-order valence-corrected chi connectivity index (χ1v) is 9.24. The molecule has 3 rings (SSSR count). The predicted octanol–water partition coefficient (Wildman–Crippen LogP) is 3.39. The molecule has 0 atom stereocenters. The largest absolute Gasteiger partial charge is 0.378 e. The zero-order valence-corrected chi connectivity index (χ0v) is 16.0. The van der Waals surface area contributed by atoms with Crippen molar-refractivity contribution < 1.29 is 13.9 Å². The van der Waals surface area contributed by atoms with Crippen LogP contribution < -0.4 is 10.2 Å². The van der Waals surface area contributed by atoms with Crippen molar-refractivity contribution in [1.82, 2.24) is 4.90 Å². The Morgan fingerprint density at radius 2 is 1.93 bits per heavy atom. The summed E-state index contributed by atoms with van der Waals surface area (Å²) in [6.45, 7) is 3.90. The first-order chi connectivity index (χ1) is 13.0. The zero-order chi connectivity index (χ0) is 19.2. The maximum absolute atomic E-state index is 13.1. The molecule has 0 unspecified atom stereocenters. The summed E-state index contributed by atoms with van der Waals surface area (Å²) in [4.78, 5) is 16.4. The monoisotopic (exact) mass is 391 g/mol. The average molecular weight is 392 g/mol. The van der Waals surface area contributed by atoms with Crippen LogP contribution in [0, 0.1) is 5.82 Å². The van der Waals surface area contributed by atoms with Gasteiger partial charge in [0.15, 0.2) is 0 Å². The molecule has 5 nitrogen and oxygen atoms in total. The number of rotatable bonds is 6. The first-order valence-electron chi connectivity index (χ1n) is 8.86. The van der Waals surface area contributed by atoms with Gasteiger partial charge in [0.25, 0.3) is 0 Å². The van der Waals surface area contributed by atoms with E-state index in [0.717, 1.165) is 43.2 Å². The molecule has 0 spiro atoms. The van der Waals surface area contributed by atoms with Gasteiger partial charge in [-0.1, -0.05) is 17.7 Å². The number of morpholine rings is 1. The van der Waals surface area contributed by atoms with Gasteiger partial charge < -0.3 is 15.0 Å². The summed E-state index contributed by atoms with van der Waals surface area (Å²) in [5.74, 6) is -0.487. The molecule has 0 aliphatic carbocycles. The van der Waals surface area contributed by atoms with Crippen LogP contribution in [0.5, 0.6) is 0 Å². The van der Waals surface area contributed by atoms with Gasteiger partial charge in [-0.25, -0.2) is 4.39 Å². The van der Waals surface area contributed by atoms with E-state index < -0.39 is 0 Å². The van der Waals surface area contributed by atoms with E-state index >= 15 is 0 Å². The Balaban J connectivity index is 1.50. The maximum atomic E-state index is 13.1. The Morgan fingerprint density at radius 3 is 2.59 bits per heavy atom. The summed E-state index contributed by atoms with van der Waals surface area (Å²) >= 11 is 6.04. The lowest BCUT2D eigenvalue weighted by Gasteiger charge is -2.28. The van der Waals surface area contributed by atoms with Gasteiger partial charge >= 0.3 is 0 Å². The van der Waals surface area contributed by atoms with E-state index in [1.807, 2.05) is 36.2 Å². The summed E-state index contributed by atoms with van der Waals surface area (Å²) in [5, 5.41) is 3.26. The van der Waals surface area contributed by atoms with Crippen molar-refractivity contribution in [1.29, 1.82) is 0 Å². The molecule has 1 amide bonds. The normalized spacial score (nSPS) is 14.4. The van der Waals surface area contributed by atoms with Gasteiger partial charge in [0.1, 0.15) is 5.82 Å². The third-order valence-corrected chi connectivity index (χ3v) is 4.75. The molecular weight excluding hydrogens is 369 g/mol. The molecule has 1 heterocycles. The van der Waals surface area contributed by atoms with Crippen molar-refractivity contribution in [3.63, 3.8) is 0 Å². The molecule has 7 heteroatoms. The highest BCUT2D eigenvalue weighted by atomic mass is 35.5. The molecular formula is C20H23ClFN3O2. The van der Waals surface area contributed by atoms with Crippen LogP contribution >= 0.6 is 11.6 Å². The average Bonchev–Trinajstić information content (AvgIpc) is 2.65. The third kappa shape index (κ3) is 5.66. The van der Waals surface area contributed by atoms with E-state index in [1.54, 1.807) is 6.07 Å². The molecule has 0 radical (unpaired) electrons. The van der Waals surface area contributed by atoms with Crippen LogP contribution in [-0.2, 0) is 16.1 Å². The van der Waals surface area contributed by atoms with Gasteiger partial charge in [-0.05, 0) is 49.0 Å². The standard InChI is InChI=1S/C20H23ClFN3O2/c1-24(13-15-2-3-16(22)12-19(15)21)14-20(26)23-17-4-6-18(7-5-17)25-8-10-27-11-9-25/h2-7,12H,8-11,13-14H2,1H3,(H,23,26). The summed E-state index contributed by atoms with van der Waals surface area (Å²) < 4.78 is 18.5. The van der Waals surface area contributed by atoms with Crippen molar-refractivity contribution in [2.24, 2.45) is 0 Å². The molecule has 1 saturated heterocycles. The number of hydrogen-bond donors (Lipinski definition) is 1. The van der Waals surface area contributed by atoms with E-state index in [0.29, 0.717) is 11.6 Å². The zero-order valence-electron chi connectivity index (χ0n) is 15.3. The van der Waals surface area contributed by atoms with Gasteiger partial charge in [0.05, 0.1) is 19.8 Å². The van der Waals surface area contributed by atoms with Crippen LogP contribution in [0.15, 0.2) is 42.5 Å². The second-order valence-electron chi connectivity index (χ2n) is 6.60. The number of anilines is 2. The van der Waals surface area contributed by atoms with E-state index in [2.05, 4.69) is 10.2 Å². The summed E-state index contributed by atoms with van der Waals surface area (Å²) in [6, 6.07) is 12.1. The minimum Gasteiger partial charge on any atom is -0.378 e. The van der Waals surface area contributed by atoms with Crippen molar-refractivity contribution >= 4 is 28.9 Å². The number of ether oxygens (including phenoxy) is 1. The quantitative estimate of drug-likeness (QED) is 0.819. The fraction of sp³-hybridized carbons (Fsp3) is 0.350. The summed E-state index contributed by atoms with van der Waals surface area (Å²) in [6.07, 6.45) is 0. The van der Waals surface area contributed by atoms with E-state index in [-0.39, 0.29) is 18.3 Å². The summed E-state index contributed by atoms with van der Waals surface area (Å²) in [7, 11) is 1.82. The third-order valence-electron chi connectivity index (χ3n) is 4.40. The van der Waals surface area contributed by atoms with Gasteiger partial charge in [-0.15, -0.1) is 0 Å². The molecule has 2 aromatic carbocycles. The molecule has 2 aromatic rings. The van der Waals surface area contributed by atoms with Gasteiger partial charge in [-0.3, -0.25) is 9.69 Å². The second-order valence-corrected chi connectivity index (χ2v) is 7.01. The van der Waals surface area contributed by atoms with Crippen molar-refractivity contribution in [2.75, 3.05) is 50.1 Å². The van der Waals surface area contributed by atoms with Crippen molar-refractivity contribution in [2.45, 2.75) is 6.54 Å². The lowest BCUT2D eigenvalue weighted by atomic mass is 10.2. The Morgan fingerprint density at radius 1 is 1.22 bits per heavy atom. The van der Waals surface area contributed by atoms with Crippen LogP contribution in [0.3, 0.4) is 0 Å². The fourth-order valence-corrected chi connectivity index (χ4v) is 3.25. The van der Waals surface area contributed by atoms with Crippen molar-refractivity contribution in [3.8, 4) is 0 Å². The second kappa shape index (κ2) is 9.17. The number of halogens is 2. The first kappa shape index (κ1) is 19.6. The molecule has 144 valence electrons. The number of amides is 1. The lowest BCUT2D eigenvalue weighted by molar-refractivity contribution is -0.117. The van der Waals surface area contributed by atoms with Gasteiger partial charge in [-0.2, -0.15) is 0 Å². The number of nitrogens with one attached hydrogen (secondary N) is 1. The summed E-state index contributed by atoms with van der Waals surface area (Å²) in [5.41, 5.74) is 2.66. The van der Waals surface area contributed by atoms with Crippen LogP contribution in [0.4, 0.5) is 15.8 Å². The number of hydrogen-bond acceptors (Lipinski definition) is 4. The predicted molar refractivity (Wildman–Crippen MR) is 106 cm³/mol. The molecule has 1 aliphatic heterocycles. The van der Waals surface area contributed by atoms with Crippen LogP contribution in [-0.4, -0.2) is 50.7 Å². The SMILES string of the molecule is CN(CC(=O)Nc1ccc(N2CCOCC2)cc1)Cc1ccc(F)cc1Cl. The van der Waals surface area contributed by atoms with Crippen LogP contribution in [0.25, 0.3) is 0 Å². The number of carbonyl (C=O) groups excluding carboxylic acids is 1. The Hall–Kier alpha value is -2.15. The van der Waals surface area contributed by atoms with E-state index in [4.69, 9.17) is 16.3 Å². The molecule has 0 bridgehead atoms. The number of likely N-dealkylation sites (N-methyl/N-ethyl adjacent to an activating group) is 1. The van der Waals surface area contributed by atoms with Crippen molar-refractivity contribution in [3.05, 3.63) is 58.9 Å². The minimum atomic E-state index is -0.371. The Bertz CT molecular complexity index is 779. The highest BCUT2D eigenvalue weighted by Crippen LogP contribution is 2.20. The number of nitrogens with zero attached hydrogens (tertiary/aromatic N) is 2.